The third-order valence-electron chi connectivity index (χ3n) is 2.18. The van der Waals surface area contributed by atoms with Gasteiger partial charge in [-0.3, -0.25) is 4.67 Å². The highest BCUT2D eigenvalue weighted by atomic mass is 31.1. The Morgan fingerprint density at radius 2 is 1.19 bits per heavy atom. The molecule has 1 N–H and O–H groups in total. The van der Waals surface area contributed by atoms with E-state index in [9.17, 15) is 9.90 Å². The van der Waals surface area contributed by atoms with Gasteiger partial charge in [0.15, 0.2) is 0 Å². The van der Waals surface area contributed by atoms with E-state index in [0.29, 0.717) is 0 Å². The quantitative estimate of drug-likeness (QED) is 0.801. The van der Waals surface area contributed by atoms with Crippen LogP contribution in [0.3, 0.4) is 0 Å². The molecule has 80 valence electrons. The minimum Gasteiger partial charge on any atom is -0.308 e. The molecule has 2 aromatic rings. The van der Waals surface area contributed by atoms with Crippen molar-refractivity contribution >= 4 is 19.3 Å². The first kappa shape index (κ1) is 10.7. The molecule has 0 radical (unpaired) electrons. The molecule has 0 spiro atoms. The van der Waals surface area contributed by atoms with Gasteiger partial charge in [0.25, 0.3) is 7.94 Å². The molecule has 1 unspecified atom stereocenters. The minimum absolute atomic E-state index is 0.768. The summed E-state index contributed by atoms with van der Waals surface area (Å²) in [5.74, 6) is 0. The fourth-order valence-corrected chi connectivity index (χ4v) is 2.17. The van der Waals surface area contributed by atoms with E-state index in [-0.39, 0.29) is 0 Å². The summed E-state index contributed by atoms with van der Waals surface area (Å²) >= 11 is 0. The van der Waals surface area contributed by atoms with Gasteiger partial charge in [0.1, 0.15) is 0 Å². The summed E-state index contributed by atoms with van der Waals surface area (Å²) in [4.78, 5) is 9.47. The van der Waals surface area contributed by atoms with Crippen molar-refractivity contribution in [3.05, 3.63) is 60.7 Å². The standard InChI is InChI=1S/C12H11N2OP/c13-16(15)14(11-7-3-1-4-8-11)12-9-5-2-6-10-12/h1-10,15H. The monoisotopic (exact) mass is 230 g/mol. The number of benzene rings is 2. The van der Waals surface area contributed by atoms with Crippen LogP contribution in [0.4, 0.5) is 11.4 Å². The molecule has 0 aliphatic carbocycles. The highest BCUT2D eigenvalue weighted by Crippen LogP contribution is 2.36. The maximum absolute atomic E-state index is 9.47. The Morgan fingerprint density at radius 1 is 0.812 bits per heavy atom. The number of hydrogen-bond acceptors (Lipinski definition) is 3. The van der Waals surface area contributed by atoms with Crippen molar-refractivity contribution < 1.29 is 4.89 Å². The average molecular weight is 230 g/mol. The zero-order valence-corrected chi connectivity index (χ0v) is 9.46. The lowest BCUT2D eigenvalue weighted by molar-refractivity contribution is 0.636. The number of anilines is 2. The van der Waals surface area contributed by atoms with Gasteiger partial charge in [-0.15, -0.1) is 0 Å². The van der Waals surface area contributed by atoms with Gasteiger partial charge in [0.05, 0.1) is 11.4 Å². The zero-order valence-electron chi connectivity index (χ0n) is 8.56. The Hall–Kier alpha value is -1.79. The second-order valence-corrected chi connectivity index (χ2v) is 4.19. The van der Waals surface area contributed by atoms with Crippen LogP contribution in [0.15, 0.2) is 60.7 Å². The number of rotatable bonds is 2. The average Bonchev–Trinajstić information content (AvgIpc) is 2.31. The van der Waals surface area contributed by atoms with Gasteiger partial charge < -0.3 is 4.89 Å². The van der Waals surface area contributed by atoms with Gasteiger partial charge in [0.2, 0.25) is 0 Å². The molecule has 0 saturated heterocycles. The molecule has 0 bridgehead atoms. The highest BCUT2D eigenvalue weighted by molar-refractivity contribution is 7.39. The molecule has 0 fully saturated rings. The maximum atomic E-state index is 9.47. The van der Waals surface area contributed by atoms with Crippen LogP contribution in [0.1, 0.15) is 0 Å². The Balaban J connectivity index is 2.45. The molecule has 2 rings (SSSR count). The SMILES string of the molecule is N#P(O)N(c1ccccc1)c1ccccc1. The summed E-state index contributed by atoms with van der Waals surface area (Å²) in [6.45, 7) is 0. The van der Waals surface area contributed by atoms with E-state index >= 15 is 0 Å². The van der Waals surface area contributed by atoms with Crippen molar-refractivity contribution in [3.8, 4) is 0 Å². The molecule has 0 aliphatic rings. The normalized spacial score (nSPS) is 10.9. The number of para-hydroxylation sites is 2. The van der Waals surface area contributed by atoms with Crippen LogP contribution >= 0.6 is 7.94 Å². The lowest BCUT2D eigenvalue weighted by atomic mass is 10.3. The first-order valence-corrected chi connectivity index (χ1v) is 6.07. The van der Waals surface area contributed by atoms with E-state index in [2.05, 4.69) is 0 Å². The number of hydrogen-bond donors (Lipinski definition) is 1. The molecule has 2 aromatic carbocycles. The Bertz CT molecular complexity index is 479. The fourth-order valence-electron chi connectivity index (χ4n) is 1.49. The highest BCUT2D eigenvalue weighted by Gasteiger charge is 2.12. The van der Waals surface area contributed by atoms with E-state index in [1.54, 1.807) is 0 Å². The van der Waals surface area contributed by atoms with Crippen LogP contribution in [0.2, 0.25) is 0 Å². The summed E-state index contributed by atoms with van der Waals surface area (Å²) in [6, 6.07) is 18.6. The molecule has 0 aromatic heterocycles. The van der Waals surface area contributed by atoms with Gasteiger partial charge >= 0.3 is 0 Å². The minimum atomic E-state index is -2.18. The smallest absolute Gasteiger partial charge is 0.297 e. The second-order valence-electron chi connectivity index (χ2n) is 3.25. The molecule has 0 aliphatic heterocycles. The predicted molar refractivity (Wildman–Crippen MR) is 65.9 cm³/mol. The van der Waals surface area contributed by atoms with Crippen molar-refractivity contribution in [2.45, 2.75) is 0 Å². The van der Waals surface area contributed by atoms with Gasteiger partial charge in [-0.2, -0.15) is 5.00 Å². The maximum Gasteiger partial charge on any atom is 0.297 e. The summed E-state index contributed by atoms with van der Waals surface area (Å²) in [7, 11) is -2.18. The van der Waals surface area contributed by atoms with Gasteiger partial charge in [0, 0.05) is 0 Å². The van der Waals surface area contributed by atoms with Crippen LogP contribution in [0.5, 0.6) is 0 Å². The molecular weight excluding hydrogens is 219 g/mol. The summed E-state index contributed by atoms with van der Waals surface area (Å²) in [5, 5.41) is 9.47. The number of nitrogens with zero attached hydrogens (tertiary/aromatic N) is 2. The molecule has 16 heavy (non-hydrogen) atoms. The van der Waals surface area contributed by atoms with E-state index in [0.717, 1.165) is 11.4 Å². The second kappa shape index (κ2) is 4.82. The van der Waals surface area contributed by atoms with Crippen LogP contribution in [0, 0.1) is 5.00 Å². The third kappa shape index (κ3) is 2.23. The van der Waals surface area contributed by atoms with Crippen molar-refractivity contribution in [3.63, 3.8) is 0 Å². The summed E-state index contributed by atoms with van der Waals surface area (Å²) < 4.78 is 1.51. The van der Waals surface area contributed by atoms with E-state index in [1.807, 2.05) is 60.7 Å². The van der Waals surface area contributed by atoms with E-state index in [1.165, 1.54) is 4.67 Å². The van der Waals surface area contributed by atoms with Crippen molar-refractivity contribution in [2.75, 3.05) is 4.67 Å². The topological polar surface area (TPSA) is 47.3 Å². The van der Waals surface area contributed by atoms with Crippen LogP contribution < -0.4 is 4.67 Å². The third-order valence-corrected chi connectivity index (χ3v) is 3.00. The molecule has 0 heterocycles. The molecule has 0 saturated carbocycles. The summed E-state index contributed by atoms with van der Waals surface area (Å²) in [6.07, 6.45) is 0. The molecule has 3 nitrogen and oxygen atoms in total. The first-order chi connectivity index (χ1) is 7.79. The predicted octanol–water partition coefficient (Wildman–Crippen LogP) is 3.61. The van der Waals surface area contributed by atoms with Gasteiger partial charge in [-0.05, 0) is 24.3 Å². The lowest BCUT2D eigenvalue weighted by Crippen LogP contribution is -2.04. The van der Waals surface area contributed by atoms with Gasteiger partial charge in [-0.1, -0.05) is 36.4 Å². The first-order valence-electron chi connectivity index (χ1n) is 4.87. The Kier molecular flexibility index (Phi) is 3.23. The van der Waals surface area contributed by atoms with Crippen molar-refractivity contribution in [1.82, 2.24) is 0 Å². The molecule has 4 heteroatoms. The van der Waals surface area contributed by atoms with E-state index in [4.69, 9.17) is 0 Å². The zero-order chi connectivity index (χ0) is 11.4. The van der Waals surface area contributed by atoms with E-state index < -0.39 is 7.94 Å². The van der Waals surface area contributed by atoms with Crippen molar-refractivity contribution in [1.29, 1.82) is 5.00 Å². The van der Waals surface area contributed by atoms with Crippen LogP contribution in [-0.4, -0.2) is 4.89 Å². The Morgan fingerprint density at radius 3 is 1.50 bits per heavy atom. The Labute approximate surface area is 95.1 Å². The molecular formula is C12H11N2OP. The molecule has 1 atom stereocenters. The van der Waals surface area contributed by atoms with Crippen LogP contribution in [0.25, 0.3) is 0 Å². The summed E-state index contributed by atoms with van der Waals surface area (Å²) in [5.41, 5.74) is 1.54. The lowest BCUT2D eigenvalue weighted by Gasteiger charge is -2.18. The van der Waals surface area contributed by atoms with Crippen LogP contribution in [-0.2, 0) is 0 Å². The fraction of sp³-hybridized carbons (Fsp3) is 0. The largest absolute Gasteiger partial charge is 0.308 e. The van der Waals surface area contributed by atoms with Gasteiger partial charge in [-0.25, -0.2) is 0 Å². The van der Waals surface area contributed by atoms with Crippen molar-refractivity contribution in [2.24, 2.45) is 0 Å². The molecule has 0 amide bonds.